The maximum absolute atomic E-state index is 11.9. The van der Waals surface area contributed by atoms with E-state index < -0.39 is 0 Å². The molecule has 1 amide bonds. The number of nitrogens with two attached hydrogens (primary N) is 1. The van der Waals surface area contributed by atoms with Gasteiger partial charge in [0.2, 0.25) is 5.91 Å². The number of para-hydroxylation sites is 2. The van der Waals surface area contributed by atoms with Gasteiger partial charge in [-0.25, -0.2) is 0 Å². The van der Waals surface area contributed by atoms with Crippen LogP contribution in [0.15, 0.2) is 47.1 Å². The van der Waals surface area contributed by atoms with Gasteiger partial charge >= 0.3 is 0 Å². The van der Waals surface area contributed by atoms with Gasteiger partial charge in [-0.1, -0.05) is 12.1 Å². The van der Waals surface area contributed by atoms with E-state index in [-0.39, 0.29) is 5.91 Å². The lowest BCUT2D eigenvalue weighted by Crippen LogP contribution is -2.15. The van der Waals surface area contributed by atoms with Crippen LogP contribution in [0.2, 0.25) is 0 Å². The predicted octanol–water partition coefficient (Wildman–Crippen LogP) is 2.19. The molecule has 0 fully saturated rings. The lowest BCUT2D eigenvalue weighted by molar-refractivity contribution is -0.116. The topological polar surface area (TPSA) is 77.5 Å². The highest BCUT2D eigenvalue weighted by molar-refractivity contribution is 5.92. The molecule has 2 aromatic rings. The number of ether oxygens (including phenoxy) is 1. The Morgan fingerprint density at radius 2 is 2.10 bits per heavy atom. The molecule has 1 heterocycles. The summed E-state index contributed by atoms with van der Waals surface area (Å²) >= 11 is 0. The summed E-state index contributed by atoms with van der Waals surface area (Å²) < 4.78 is 10.7. The van der Waals surface area contributed by atoms with E-state index in [0.717, 1.165) is 5.76 Å². The normalized spacial score (nSPS) is 10.2. The van der Waals surface area contributed by atoms with Gasteiger partial charge in [0, 0.05) is 19.4 Å². The molecular weight excluding hydrogens is 256 g/mol. The molecule has 0 spiro atoms. The molecule has 5 heteroatoms. The molecule has 0 saturated heterocycles. The highest BCUT2D eigenvalue weighted by atomic mass is 16.5. The minimum Gasteiger partial charge on any atom is -0.490 e. The number of carbonyl (C=O) groups is 1. The lowest BCUT2D eigenvalue weighted by atomic mass is 10.2. The molecule has 5 nitrogen and oxygen atoms in total. The van der Waals surface area contributed by atoms with Crippen LogP contribution in [0.4, 0.5) is 5.69 Å². The molecule has 1 aromatic carbocycles. The van der Waals surface area contributed by atoms with Crippen LogP contribution in [0.5, 0.6) is 5.75 Å². The zero-order chi connectivity index (χ0) is 14.2. The minimum atomic E-state index is -0.0785. The largest absolute Gasteiger partial charge is 0.490 e. The summed E-state index contributed by atoms with van der Waals surface area (Å²) in [6.45, 7) is 0.847. The minimum absolute atomic E-state index is 0.0785. The quantitative estimate of drug-likeness (QED) is 0.811. The summed E-state index contributed by atoms with van der Waals surface area (Å²) in [5.41, 5.74) is 6.06. The first kappa shape index (κ1) is 14.1. The first-order chi connectivity index (χ1) is 9.79. The third-order valence-corrected chi connectivity index (χ3v) is 2.72. The van der Waals surface area contributed by atoms with Crippen LogP contribution in [0.3, 0.4) is 0 Å². The molecule has 0 unspecified atom stereocenters. The van der Waals surface area contributed by atoms with Gasteiger partial charge in [-0.2, -0.15) is 0 Å². The van der Waals surface area contributed by atoms with Crippen LogP contribution in [-0.4, -0.2) is 19.1 Å². The van der Waals surface area contributed by atoms with Crippen molar-refractivity contribution in [2.45, 2.75) is 12.8 Å². The van der Waals surface area contributed by atoms with E-state index in [1.807, 2.05) is 24.3 Å². The first-order valence-electron chi connectivity index (χ1n) is 6.53. The van der Waals surface area contributed by atoms with Crippen molar-refractivity contribution in [1.29, 1.82) is 0 Å². The van der Waals surface area contributed by atoms with Crippen molar-refractivity contribution in [2.75, 3.05) is 18.5 Å². The Morgan fingerprint density at radius 3 is 2.85 bits per heavy atom. The van der Waals surface area contributed by atoms with Gasteiger partial charge in [0.05, 0.1) is 12.0 Å². The Labute approximate surface area is 117 Å². The van der Waals surface area contributed by atoms with E-state index in [9.17, 15) is 4.79 Å². The van der Waals surface area contributed by atoms with Crippen molar-refractivity contribution in [3.05, 3.63) is 48.4 Å². The Morgan fingerprint density at radius 1 is 1.25 bits per heavy atom. The maximum Gasteiger partial charge on any atom is 0.224 e. The van der Waals surface area contributed by atoms with Gasteiger partial charge in [-0.3, -0.25) is 4.79 Å². The van der Waals surface area contributed by atoms with Crippen LogP contribution < -0.4 is 15.8 Å². The van der Waals surface area contributed by atoms with Crippen LogP contribution in [0.1, 0.15) is 12.2 Å². The molecular formula is C15H18N2O3. The van der Waals surface area contributed by atoms with Gasteiger partial charge in [-0.15, -0.1) is 0 Å². The summed E-state index contributed by atoms with van der Waals surface area (Å²) in [6, 6.07) is 11.0. The number of amides is 1. The highest BCUT2D eigenvalue weighted by Crippen LogP contribution is 2.23. The number of furan rings is 1. The monoisotopic (exact) mass is 274 g/mol. The van der Waals surface area contributed by atoms with Gasteiger partial charge in [0.15, 0.2) is 0 Å². The third-order valence-electron chi connectivity index (χ3n) is 2.72. The second-order valence-corrected chi connectivity index (χ2v) is 4.26. The molecule has 0 saturated carbocycles. The van der Waals surface area contributed by atoms with Crippen LogP contribution in [-0.2, 0) is 11.2 Å². The fraction of sp³-hybridized carbons (Fsp3) is 0.267. The number of anilines is 1. The highest BCUT2D eigenvalue weighted by Gasteiger charge is 2.08. The number of aryl methyl sites for hydroxylation is 1. The Bertz CT molecular complexity index is 538. The van der Waals surface area contributed by atoms with Crippen LogP contribution >= 0.6 is 0 Å². The number of carbonyl (C=O) groups excluding carboxylic acids is 1. The summed E-state index contributed by atoms with van der Waals surface area (Å²) in [4.78, 5) is 11.9. The molecule has 3 N–H and O–H groups in total. The summed E-state index contributed by atoms with van der Waals surface area (Å²) in [7, 11) is 0. The number of hydrogen-bond acceptors (Lipinski definition) is 4. The van der Waals surface area contributed by atoms with E-state index in [1.165, 1.54) is 0 Å². The molecule has 0 radical (unpaired) electrons. The Kier molecular flexibility index (Phi) is 5.20. The molecule has 0 aliphatic carbocycles. The molecule has 0 bridgehead atoms. The standard InChI is InChI=1S/C15H18N2O3/c16-9-11-20-14-6-2-1-5-13(14)17-15(18)8-7-12-4-3-10-19-12/h1-6,10H,7-9,11,16H2,(H,17,18). The number of rotatable bonds is 7. The fourth-order valence-corrected chi connectivity index (χ4v) is 1.77. The van der Waals surface area contributed by atoms with Crippen molar-refractivity contribution in [2.24, 2.45) is 5.73 Å². The average molecular weight is 274 g/mol. The SMILES string of the molecule is NCCOc1ccccc1NC(=O)CCc1ccco1. The van der Waals surface area contributed by atoms with Gasteiger partial charge < -0.3 is 20.2 Å². The number of nitrogens with one attached hydrogen (secondary N) is 1. The fourth-order valence-electron chi connectivity index (χ4n) is 1.77. The molecule has 0 atom stereocenters. The Balaban J connectivity index is 1.90. The molecule has 0 aliphatic rings. The van der Waals surface area contributed by atoms with Crippen LogP contribution in [0, 0.1) is 0 Å². The second kappa shape index (κ2) is 7.35. The average Bonchev–Trinajstić information content (AvgIpc) is 2.97. The zero-order valence-corrected chi connectivity index (χ0v) is 11.2. The van der Waals surface area contributed by atoms with Gasteiger partial charge in [0.1, 0.15) is 18.1 Å². The summed E-state index contributed by atoms with van der Waals surface area (Å²) in [5.74, 6) is 1.35. The predicted molar refractivity (Wildman–Crippen MR) is 76.7 cm³/mol. The van der Waals surface area contributed by atoms with Crippen molar-refractivity contribution in [1.82, 2.24) is 0 Å². The van der Waals surface area contributed by atoms with Crippen molar-refractivity contribution < 1.29 is 13.9 Å². The molecule has 1 aromatic heterocycles. The first-order valence-corrected chi connectivity index (χ1v) is 6.53. The van der Waals surface area contributed by atoms with Crippen molar-refractivity contribution in [3.8, 4) is 5.75 Å². The smallest absolute Gasteiger partial charge is 0.224 e. The molecule has 106 valence electrons. The molecule has 0 aliphatic heterocycles. The van der Waals surface area contributed by atoms with Gasteiger partial charge in [-0.05, 0) is 24.3 Å². The third kappa shape index (κ3) is 4.13. The zero-order valence-electron chi connectivity index (χ0n) is 11.2. The summed E-state index contributed by atoms with van der Waals surface area (Å²) in [6.07, 6.45) is 2.53. The number of benzene rings is 1. The lowest BCUT2D eigenvalue weighted by Gasteiger charge is -2.11. The molecule has 20 heavy (non-hydrogen) atoms. The summed E-state index contributed by atoms with van der Waals surface area (Å²) in [5, 5.41) is 2.84. The maximum atomic E-state index is 11.9. The van der Waals surface area contributed by atoms with Crippen LogP contribution in [0.25, 0.3) is 0 Å². The van der Waals surface area contributed by atoms with E-state index in [4.69, 9.17) is 14.9 Å². The van der Waals surface area contributed by atoms with E-state index >= 15 is 0 Å². The second-order valence-electron chi connectivity index (χ2n) is 4.26. The van der Waals surface area contributed by atoms with E-state index in [0.29, 0.717) is 37.4 Å². The van der Waals surface area contributed by atoms with E-state index in [1.54, 1.807) is 18.4 Å². The van der Waals surface area contributed by atoms with Crippen molar-refractivity contribution in [3.63, 3.8) is 0 Å². The van der Waals surface area contributed by atoms with Gasteiger partial charge in [0.25, 0.3) is 0 Å². The number of hydrogen-bond donors (Lipinski definition) is 2. The van der Waals surface area contributed by atoms with Crippen molar-refractivity contribution >= 4 is 11.6 Å². The van der Waals surface area contributed by atoms with E-state index in [2.05, 4.69) is 5.32 Å². The Hall–Kier alpha value is -2.27. The molecule has 2 rings (SSSR count).